The second-order valence-electron chi connectivity index (χ2n) is 3.50. The predicted octanol–water partition coefficient (Wildman–Crippen LogP) is 2.56. The molecule has 1 aromatic rings. The molecule has 92 valence electrons. The van der Waals surface area contributed by atoms with Crippen LogP contribution in [0.2, 0.25) is 0 Å². The van der Waals surface area contributed by atoms with Crippen LogP contribution in [0.5, 0.6) is 0 Å². The van der Waals surface area contributed by atoms with Gasteiger partial charge in [0, 0.05) is 25.2 Å². The van der Waals surface area contributed by atoms with Gasteiger partial charge in [-0.05, 0) is 24.9 Å². The molecule has 0 amide bonds. The second-order valence-corrected chi connectivity index (χ2v) is 5.42. The van der Waals surface area contributed by atoms with Crippen LogP contribution in [-0.4, -0.2) is 37.3 Å². The van der Waals surface area contributed by atoms with E-state index in [1.54, 1.807) is 18.4 Å². The largest absolute Gasteiger partial charge is 0.383 e. The lowest BCUT2D eigenvalue weighted by Crippen LogP contribution is -2.25. The highest BCUT2D eigenvalue weighted by molar-refractivity contribution is 7.98. The van der Waals surface area contributed by atoms with Crippen molar-refractivity contribution < 1.29 is 4.74 Å². The minimum atomic E-state index is 0.391. The molecule has 1 atom stereocenters. The number of thiazole rings is 1. The summed E-state index contributed by atoms with van der Waals surface area (Å²) in [5.74, 6) is 1.22. The van der Waals surface area contributed by atoms with Crippen LogP contribution in [0.1, 0.15) is 23.9 Å². The van der Waals surface area contributed by atoms with E-state index < -0.39 is 0 Å². The lowest BCUT2D eigenvalue weighted by molar-refractivity contribution is 0.195. The van der Waals surface area contributed by atoms with Crippen LogP contribution in [0.15, 0.2) is 11.6 Å². The molecule has 1 unspecified atom stereocenters. The van der Waals surface area contributed by atoms with Crippen LogP contribution in [-0.2, 0) is 4.74 Å². The van der Waals surface area contributed by atoms with Gasteiger partial charge in [0.25, 0.3) is 0 Å². The highest BCUT2D eigenvalue weighted by Gasteiger charge is 2.12. The molecule has 0 aliphatic rings. The third-order valence-electron chi connectivity index (χ3n) is 2.29. The Morgan fingerprint density at radius 3 is 3.12 bits per heavy atom. The zero-order chi connectivity index (χ0) is 11.6. The van der Waals surface area contributed by atoms with Gasteiger partial charge in [-0.2, -0.15) is 11.8 Å². The van der Waals surface area contributed by atoms with Crippen molar-refractivity contribution in [2.75, 3.05) is 32.3 Å². The van der Waals surface area contributed by atoms with E-state index in [9.17, 15) is 0 Å². The minimum absolute atomic E-state index is 0.391. The summed E-state index contributed by atoms with van der Waals surface area (Å²) in [5.41, 5.74) is 0. The van der Waals surface area contributed by atoms with Gasteiger partial charge in [-0.3, -0.25) is 0 Å². The van der Waals surface area contributed by atoms with Crippen molar-refractivity contribution in [1.29, 1.82) is 0 Å². The summed E-state index contributed by atoms with van der Waals surface area (Å²) >= 11 is 3.63. The van der Waals surface area contributed by atoms with Gasteiger partial charge in [0.1, 0.15) is 5.01 Å². The van der Waals surface area contributed by atoms with Gasteiger partial charge in [-0.1, -0.05) is 0 Å². The Bertz CT molecular complexity index is 244. The van der Waals surface area contributed by atoms with Crippen LogP contribution in [0.25, 0.3) is 0 Å². The molecule has 0 aromatic carbocycles. The number of ether oxygens (including phenoxy) is 1. The van der Waals surface area contributed by atoms with Crippen molar-refractivity contribution in [3.05, 3.63) is 16.6 Å². The second kappa shape index (κ2) is 8.98. The Morgan fingerprint density at radius 2 is 2.50 bits per heavy atom. The van der Waals surface area contributed by atoms with E-state index >= 15 is 0 Å². The average Bonchev–Trinajstić information content (AvgIpc) is 2.81. The molecule has 0 aliphatic carbocycles. The zero-order valence-corrected chi connectivity index (χ0v) is 11.6. The fourth-order valence-corrected chi connectivity index (χ4v) is 2.69. The van der Waals surface area contributed by atoms with Crippen LogP contribution < -0.4 is 5.32 Å². The van der Waals surface area contributed by atoms with Crippen molar-refractivity contribution in [2.45, 2.75) is 18.9 Å². The number of thioether (sulfide) groups is 1. The van der Waals surface area contributed by atoms with E-state index in [-0.39, 0.29) is 0 Å². The molecule has 0 radical (unpaired) electrons. The lowest BCUT2D eigenvalue weighted by atomic mass is 10.2. The predicted molar refractivity (Wildman–Crippen MR) is 72.3 cm³/mol. The Morgan fingerprint density at radius 1 is 1.62 bits per heavy atom. The summed E-state index contributed by atoms with van der Waals surface area (Å²) < 4.78 is 5.05. The van der Waals surface area contributed by atoms with Gasteiger partial charge >= 0.3 is 0 Å². The maximum atomic E-state index is 5.05. The minimum Gasteiger partial charge on any atom is -0.383 e. The van der Waals surface area contributed by atoms with E-state index in [0.29, 0.717) is 6.04 Å². The monoisotopic (exact) mass is 260 g/mol. The van der Waals surface area contributed by atoms with E-state index in [0.717, 1.165) is 19.6 Å². The van der Waals surface area contributed by atoms with Gasteiger partial charge < -0.3 is 10.1 Å². The maximum absolute atomic E-state index is 5.05. The Labute approximate surface area is 106 Å². The molecule has 0 spiro atoms. The molecule has 0 saturated carbocycles. The first-order chi connectivity index (χ1) is 7.88. The molecule has 0 fully saturated rings. The molecule has 5 heteroatoms. The summed E-state index contributed by atoms with van der Waals surface area (Å²) in [6.45, 7) is 1.64. The average molecular weight is 260 g/mol. The summed E-state index contributed by atoms with van der Waals surface area (Å²) in [6, 6.07) is 0.391. The molecule has 0 saturated heterocycles. The quantitative estimate of drug-likeness (QED) is 0.692. The van der Waals surface area contributed by atoms with Crippen molar-refractivity contribution >= 4 is 23.1 Å². The van der Waals surface area contributed by atoms with Crippen molar-refractivity contribution in [3.8, 4) is 0 Å². The first kappa shape index (κ1) is 14.0. The van der Waals surface area contributed by atoms with E-state index in [1.165, 1.54) is 17.2 Å². The first-order valence-electron chi connectivity index (χ1n) is 5.49. The Kier molecular flexibility index (Phi) is 7.84. The molecular weight excluding hydrogens is 240 g/mol. The number of nitrogens with one attached hydrogen (secondary N) is 1. The highest BCUT2D eigenvalue weighted by Crippen LogP contribution is 2.21. The molecular formula is C11H20N2OS2. The zero-order valence-electron chi connectivity index (χ0n) is 9.94. The Balaban J connectivity index is 2.36. The van der Waals surface area contributed by atoms with Gasteiger partial charge in [0.05, 0.1) is 12.6 Å². The van der Waals surface area contributed by atoms with E-state index in [4.69, 9.17) is 4.74 Å². The van der Waals surface area contributed by atoms with Gasteiger partial charge in [-0.15, -0.1) is 11.3 Å². The number of hydrogen-bond acceptors (Lipinski definition) is 5. The SMILES string of the molecule is COCCNC(CCCSC)c1nccs1. The topological polar surface area (TPSA) is 34.1 Å². The third-order valence-corrected chi connectivity index (χ3v) is 3.87. The molecule has 3 nitrogen and oxygen atoms in total. The summed E-state index contributed by atoms with van der Waals surface area (Å²) in [4.78, 5) is 4.38. The van der Waals surface area contributed by atoms with Gasteiger partial charge in [0.15, 0.2) is 0 Å². The molecule has 0 bridgehead atoms. The molecule has 1 rings (SSSR count). The number of methoxy groups -OCH3 is 1. The van der Waals surface area contributed by atoms with Gasteiger partial charge in [0.2, 0.25) is 0 Å². The smallest absolute Gasteiger partial charge is 0.109 e. The molecule has 1 heterocycles. The number of aromatic nitrogens is 1. The fraction of sp³-hybridized carbons (Fsp3) is 0.727. The van der Waals surface area contributed by atoms with Crippen LogP contribution in [0.4, 0.5) is 0 Å². The maximum Gasteiger partial charge on any atom is 0.109 e. The van der Waals surface area contributed by atoms with Crippen LogP contribution >= 0.6 is 23.1 Å². The van der Waals surface area contributed by atoms with E-state index in [2.05, 4.69) is 16.6 Å². The molecule has 1 aromatic heterocycles. The van der Waals surface area contributed by atoms with Gasteiger partial charge in [-0.25, -0.2) is 4.98 Å². The van der Waals surface area contributed by atoms with Crippen LogP contribution in [0, 0.1) is 0 Å². The van der Waals surface area contributed by atoms with E-state index in [1.807, 2.05) is 23.3 Å². The number of hydrogen-bond donors (Lipinski definition) is 1. The van der Waals surface area contributed by atoms with Crippen molar-refractivity contribution in [1.82, 2.24) is 10.3 Å². The lowest BCUT2D eigenvalue weighted by Gasteiger charge is -2.15. The number of rotatable bonds is 9. The standard InChI is InChI=1S/C11H20N2OS2/c1-14-7-5-12-10(4-3-8-15-2)11-13-6-9-16-11/h6,9-10,12H,3-5,7-8H2,1-2H3. The summed E-state index contributed by atoms with van der Waals surface area (Å²) in [5, 5.41) is 6.72. The first-order valence-corrected chi connectivity index (χ1v) is 7.76. The Hall–Kier alpha value is -0.100. The fourth-order valence-electron chi connectivity index (χ4n) is 1.49. The van der Waals surface area contributed by atoms with Crippen LogP contribution in [0.3, 0.4) is 0 Å². The third kappa shape index (κ3) is 5.30. The molecule has 16 heavy (non-hydrogen) atoms. The highest BCUT2D eigenvalue weighted by atomic mass is 32.2. The summed E-state index contributed by atoms with van der Waals surface area (Å²) in [6.07, 6.45) is 6.40. The molecule has 1 N–H and O–H groups in total. The normalized spacial score (nSPS) is 12.9. The van der Waals surface area contributed by atoms with Crippen molar-refractivity contribution in [3.63, 3.8) is 0 Å². The number of nitrogens with zero attached hydrogens (tertiary/aromatic N) is 1. The molecule has 0 aliphatic heterocycles. The van der Waals surface area contributed by atoms with Crippen molar-refractivity contribution in [2.24, 2.45) is 0 Å². The summed E-state index contributed by atoms with van der Waals surface area (Å²) in [7, 11) is 1.73.